The van der Waals surface area contributed by atoms with Crippen LogP contribution in [-0.4, -0.2) is 30.9 Å². The minimum Gasteiger partial charge on any atom is -0.508 e. The number of sulfonamides is 1. The maximum absolute atomic E-state index is 12.2. The van der Waals surface area contributed by atoms with Crippen LogP contribution in [0.4, 0.5) is 5.69 Å². The van der Waals surface area contributed by atoms with Gasteiger partial charge in [0.1, 0.15) is 5.75 Å². The van der Waals surface area contributed by atoms with Crippen LogP contribution in [0.1, 0.15) is 46.5 Å². The third kappa shape index (κ3) is 5.11. The van der Waals surface area contributed by atoms with Crippen molar-refractivity contribution in [3.63, 3.8) is 0 Å². The maximum atomic E-state index is 12.2. The topological polar surface area (TPSA) is 78.4 Å². The van der Waals surface area contributed by atoms with Gasteiger partial charge in [0, 0.05) is 24.3 Å². The van der Waals surface area contributed by atoms with E-state index in [1.165, 1.54) is 0 Å². The zero-order chi connectivity index (χ0) is 17.1. The van der Waals surface area contributed by atoms with Crippen molar-refractivity contribution in [3.8, 4) is 5.75 Å². The first-order chi connectivity index (χ1) is 10.7. The van der Waals surface area contributed by atoms with Crippen molar-refractivity contribution in [2.45, 2.75) is 57.2 Å². The van der Waals surface area contributed by atoms with Crippen molar-refractivity contribution in [1.82, 2.24) is 4.72 Å². The van der Waals surface area contributed by atoms with E-state index in [2.05, 4.69) is 10.0 Å². The normalized spacial score (nSPS) is 22.7. The van der Waals surface area contributed by atoms with Gasteiger partial charge >= 0.3 is 0 Å². The van der Waals surface area contributed by atoms with Crippen LogP contribution < -0.4 is 10.0 Å². The summed E-state index contributed by atoms with van der Waals surface area (Å²) in [6.07, 6.45) is 3.76. The Labute approximate surface area is 139 Å². The van der Waals surface area contributed by atoms with Gasteiger partial charge in [0.15, 0.2) is 0 Å². The lowest BCUT2D eigenvalue weighted by atomic mass is 9.86. The molecule has 0 aliphatic heterocycles. The highest BCUT2D eigenvalue weighted by Crippen LogP contribution is 2.27. The summed E-state index contributed by atoms with van der Waals surface area (Å²) < 4.78 is 26.5. The first kappa shape index (κ1) is 18.1. The van der Waals surface area contributed by atoms with Gasteiger partial charge in [-0.1, -0.05) is 6.07 Å². The van der Waals surface area contributed by atoms with Crippen molar-refractivity contribution in [2.24, 2.45) is 5.92 Å². The minimum absolute atomic E-state index is 0.0521. The number of hydrogen-bond acceptors (Lipinski definition) is 4. The number of hydrogen-bond donors (Lipinski definition) is 3. The quantitative estimate of drug-likeness (QED) is 0.770. The number of nitrogens with one attached hydrogen (secondary N) is 2. The molecule has 1 aliphatic carbocycles. The van der Waals surface area contributed by atoms with Gasteiger partial charge in [0.05, 0.1) is 4.75 Å². The Morgan fingerprint density at radius 3 is 2.39 bits per heavy atom. The van der Waals surface area contributed by atoms with Gasteiger partial charge in [0.2, 0.25) is 10.0 Å². The average molecular weight is 340 g/mol. The number of phenolic OH excluding ortho intramolecular Hbond substituents is 1. The van der Waals surface area contributed by atoms with E-state index in [1.807, 2.05) is 12.1 Å². The fourth-order valence-corrected chi connectivity index (χ4v) is 3.79. The van der Waals surface area contributed by atoms with E-state index in [9.17, 15) is 13.5 Å². The van der Waals surface area contributed by atoms with Crippen LogP contribution in [0.5, 0.6) is 5.75 Å². The summed E-state index contributed by atoms with van der Waals surface area (Å²) in [7, 11) is -3.27. The summed E-state index contributed by atoms with van der Waals surface area (Å²) in [5.41, 5.74) is 0.917. The molecule has 0 atom stereocenters. The highest BCUT2D eigenvalue weighted by molar-refractivity contribution is 7.90. The van der Waals surface area contributed by atoms with Gasteiger partial charge in [-0.05, 0) is 64.5 Å². The maximum Gasteiger partial charge on any atom is 0.216 e. The predicted molar refractivity (Wildman–Crippen MR) is 94.2 cm³/mol. The van der Waals surface area contributed by atoms with E-state index in [0.717, 1.165) is 37.9 Å². The van der Waals surface area contributed by atoms with Gasteiger partial charge in [-0.2, -0.15) is 0 Å². The first-order valence-electron chi connectivity index (χ1n) is 8.22. The summed E-state index contributed by atoms with van der Waals surface area (Å²) in [5, 5.41) is 12.8. The molecular formula is C17H28N2O3S. The van der Waals surface area contributed by atoms with Crippen LogP contribution in [0.25, 0.3) is 0 Å². The highest BCUT2D eigenvalue weighted by atomic mass is 32.2. The third-order valence-corrected chi connectivity index (χ3v) is 6.67. The van der Waals surface area contributed by atoms with Crippen LogP contribution >= 0.6 is 0 Å². The second-order valence-corrected chi connectivity index (χ2v) is 9.85. The Hall–Kier alpha value is -1.27. The second kappa shape index (κ2) is 7.09. The van der Waals surface area contributed by atoms with Gasteiger partial charge in [-0.25, -0.2) is 13.1 Å². The molecule has 0 spiro atoms. The summed E-state index contributed by atoms with van der Waals surface area (Å²) in [6, 6.07) is 7.16. The number of anilines is 1. The molecule has 2 rings (SSSR count). The zero-order valence-electron chi connectivity index (χ0n) is 14.2. The van der Waals surface area contributed by atoms with E-state index < -0.39 is 14.8 Å². The summed E-state index contributed by atoms with van der Waals surface area (Å²) in [4.78, 5) is 0. The Balaban J connectivity index is 1.78. The average Bonchev–Trinajstić information content (AvgIpc) is 2.45. The lowest BCUT2D eigenvalue weighted by Gasteiger charge is -2.31. The molecule has 130 valence electrons. The number of aromatic hydroxyl groups is 1. The van der Waals surface area contributed by atoms with Crippen molar-refractivity contribution in [1.29, 1.82) is 0 Å². The molecule has 1 aliphatic rings. The molecule has 1 saturated carbocycles. The molecule has 5 nitrogen and oxygen atoms in total. The van der Waals surface area contributed by atoms with E-state index in [0.29, 0.717) is 5.92 Å². The molecule has 0 heterocycles. The molecule has 6 heteroatoms. The van der Waals surface area contributed by atoms with E-state index in [1.54, 1.807) is 32.9 Å². The monoisotopic (exact) mass is 340 g/mol. The molecule has 0 amide bonds. The minimum atomic E-state index is -3.27. The van der Waals surface area contributed by atoms with Gasteiger partial charge in [0.25, 0.3) is 0 Å². The van der Waals surface area contributed by atoms with Crippen molar-refractivity contribution in [2.75, 3.05) is 11.9 Å². The molecule has 1 aromatic rings. The zero-order valence-corrected chi connectivity index (χ0v) is 15.0. The Morgan fingerprint density at radius 1 is 1.17 bits per heavy atom. The lowest BCUT2D eigenvalue weighted by Crippen LogP contribution is -2.46. The molecule has 3 N–H and O–H groups in total. The number of benzene rings is 1. The Morgan fingerprint density at radius 2 is 1.83 bits per heavy atom. The van der Waals surface area contributed by atoms with Crippen LogP contribution in [-0.2, 0) is 10.0 Å². The van der Waals surface area contributed by atoms with Crippen LogP contribution in [0.15, 0.2) is 24.3 Å². The van der Waals surface area contributed by atoms with Crippen LogP contribution in [0.2, 0.25) is 0 Å². The predicted octanol–water partition coefficient (Wildman–Crippen LogP) is 3.08. The molecule has 23 heavy (non-hydrogen) atoms. The molecule has 0 saturated heterocycles. The smallest absolute Gasteiger partial charge is 0.216 e. The van der Waals surface area contributed by atoms with Crippen molar-refractivity contribution < 1.29 is 13.5 Å². The molecule has 1 aromatic carbocycles. The first-order valence-corrected chi connectivity index (χ1v) is 9.70. The van der Waals surface area contributed by atoms with Gasteiger partial charge < -0.3 is 10.4 Å². The molecule has 0 aromatic heterocycles. The molecule has 0 bridgehead atoms. The summed E-state index contributed by atoms with van der Waals surface area (Å²) in [6.45, 7) is 6.02. The standard InChI is InChI=1S/C17H28N2O3S/c1-17(2,3)23(21,22)19-14-9-7-13(8-10-14)12-18-15-5-4-6-16(20)11-15/h4-6,11,13-14,18-20H,7-10,12H2,1-3H3/t13-,14-. The SMILES string of the molecule is CC(C)(C)S(=O)(=O)N[C@H]1CC[C@H](CNc2cccc(O)c2)CC1. The van der Waals surface area contributed by atoms with E-state index >= 15 is 0 Å². The van der Waals surface area contributed by atoms with E-state index in [-0.39, 0.29) is 11.8 Å². The highest BCUT2D eigenvalue weighted by Gasteiger charge is 2.32. The van der Waals surface area contributed by atoms with Crippen LogP contribution in [0, 0.1) is 5.92 Å². The Kier molecular flexibility index (Phi) is 5.57. The van der Waals surface area contributed by atoms with E-state index in [4.69, 9.17) is 0 Å². The summed E-state index contributed by atoms with van der Waals surface area (Å²) >= 11 is 0. The van der Waals surface area contributed by atoms with Gasteiger partial charge in [-0.3, -0.25) is 0 Å². The van der Waals surface area contributed by atoms with Crippen LogP contribution in [0.3, 0.4) is 0 Å². The second-order valence-electron chi connectivity index (χ2n) is 7.38. The molecular weight excluding hydrogens is 312 g/mol. The fraction of sp³-hybridized carbons (Fsp3) is 0.647. The number of rotatable bonds is 5. The Bertz CT molecular complexity index is 615. The van der Waals surface area contributed by atoms with Gasteiger partial charge in [-0.15, -0.1) is 0 Å². The molecule has 0 unspecified atom stereocenters. The van der Waals surface area contributed by atoms with Crippen molar-refractivity contribution in [3.05, 3.63) is 24.3 Å². The lowest BCUT2D eigenvalue weighted by molar-refractivity contribution is 0.322. The molecule has 1 fully saturated rings. The third-order valence-electron chi connectivity index (χ3n) is 4.42. The largest absolute Gasteiger partial charge is 0.508 e. The fourth-order valence-electron chi connectivity index (χ4n) is 2.76. The molecule has 0 radical (unpaired) electrons. The van der Waals surface area contributed by atoms with Crippen molar-refractivity contribution >= 4 is 15.7 Å². The summed E-state index contributed by atoms with van der Waals surface area (Å²) in [5.74, 6) is 0.794. The number of phenols is 1.